The number of carbonyl (C=O) groups is 1. The SMILES string of the molecule is C=CCCCCCC(=O)c1ccc(CC)cc1. The quantitative estimate of drug-likeness (QED) is 0.363. The summed E-state index contributed by atoms with van der Waals surface area (Å²) in [5.74, 6) is 0.270. The summed E-state index contributed by atoms with van der Waals surface area (Å²) in [5, 5.41) is 0. The van der Waals surface area contributed by atoms with Gasteiger partial charge in [-0.1, -0.05) is 43.7 Å². The van der Waals surface area contributed by atoms with Crippen molar-refractivity contribution in [2.24, 2.45) is 0 Å². The Kier molecular flexibility index (Phi) is 6.31. The van der Waals surface area contributed by atoms with Crippen molar-refractivity contribution in [3.8, 4) is 0 Å². The number of hydrogen-bond donors (Lipinski definition) is 0. The van der Waals surface area contributed by atoms with Gasteiger partial charge in [0.25, 0.3) is 0 Å². The fourth-order valence-corrected chi connectivity index (χ4v) is 1.82. The van der Waals surface area contributed by atoms with Crippen molar-refractivity contribution in [1.29, 1.82) is 0 Å². The summed E-state index contributed by atoms with van der Waals surface area (Å²) in [4.78, 5) is 11.9. The zero-order valence-corrected chi connectivity index (χ0v) is 10.7. The van der Waals surface area contributed by atoms with Crippen LogP contribution in [-0.2, 0) is 6.42 Å². The van der Waals surface area contributed by atoms with Gasteiger partial charge in [-0.2, -0.15) is 0 Å². The Hall–Kier alpha value is -1.37. The molecular formula is C16H22O. The van der Waals surface area contributed by atoms with Gasteiger partial charge < -0.3 is 0 Å². The van der Waals surface area contributed by atoms with Crippen LogP contribution in [0.25, 0.3) is 0 Å². The molecule has 0 fully saturated rings. The number of hydrogen-bond acceptors (Lipinski definition) is 1. The zero-order valence-electron chi connectivity index (χ0n) is 10.7. The second-order valence-corrected chi connectivity index (χ2v) is 4.36. The van der Waals surface area contributed by atoms with Crippen molar-refractivity contribution in [2.75, 3.05) is 0 Å². The number of benzene rings is 1. The van der Waals surface area contributed by atoms with Gasteiger partial charge in [-0.05, 0) is 31.2 Å². The van der Waals surface area contributed by atoms with E-state index in [-0.39, 0.29) is 5.78 Å². The first kappa shape index (κ1) is 13.7. The molecule has 1 heteroatoms. The topological polar surface area (TPSA) is 17.1 Å². The predicted octanol–water partition coefficient (Wildman–Crippen LogP) is 4.57. The van der Waals surface area contributed by atoms with E-state index in [1.807, 2.05) is 30.3 Å². The van der Waals surface area contributed by atoms with E-state index < -0.39 is 0 Å². The molecule has 0 unspecified atom stereocenters. The van der Waals surface area contributed by atoms with Crippen LogP contribution in [0.5, 0.6) is 0 Å². The summed E-state index contributed by atoms with van der Waals surface area (Å²) < 4.78 is 0. The van der Waals surface area contributed by atoms with Crippen molar-refractivity contribution in [3.05, 3.63) is 48.0 Å². The summed E-state index contributed by atoms with van der Waals surface area (Å²) in [6.45, 7) is 5.81. The fraction of sp³-hybridized carbons (Fsp3) is 0.438. The highest BCUT2D eigenvalue weighted by Gasteiger charge is 2.04. The first-order chi connectivity index (χ1) is 8.27. The van der Waals surface area contributed by atoms with Crippen LogP contribution in [0.15, 0.2) is 36.9 Å². The molecule has 0 aliphatic rings. The largest absolute Gasteiger partial charge is 0.294 e. The van der Waals surface area contributed by atoms with E-state index in [9.17, 15) is 4.79 Å². The maximum absolute atomic E-state index is 11.9. The van der Waals surface area contributed by atoms with Crippen LogP contribution in [0, 0.1) is 0 Å². The first-order valence-electron chi connectivity index (χ1n) is 6.51. The van der Waals surface area contributed by atoms with Crippen LogP contribution in [0.1, 0.15) is 54.9 Å². The van der Waals surface area contributed by atoms with Crippen molar-refractivity contribution in [2.45, 2.75) is 45.4 Å². The van der Waals surface area contributed by atoms with Crippen LogP contribution < -0.4 is 0 Å². The monoisotopic (exact) mass is 230 g/mol. The van der Waals surface area contributed by atoms with Gasteiger partial charge in [0.05, 0.1) is 0 Å². The third kappa shape index (κ3) is 4.99. The molecule has 0 amide bonds. The van der Waals surface area contributed by atoms with Gasteiger partial charge in [0.15, 0.2) is 5.78 Å². The number of unbranched alkanes of at least 4 members (excludes halogenated alkanes) is 3. The minimum atomic E-state index is 0.270. The number of Topliss-reactive ketones (excluding diaryl/α,β-unsaturated/α-hetero) is 1. The Morgan fingerprint density at radius 3 is 2.47 bits per heavy atom. The van der Waals surface area contributed by atoms with Crippen molar-refractivity contribution in [3.63, 3.8) is 0 Å². The van der Waals surface area contributed by atoms with Crippen molar-refractivity contribution < 1.29 is 4.79 Å². The standard InChI is InChI=1S/C16H22O/c1-3-5-6-7-8-9-16(17)15-12-10-14(4-2)11-13-15/h3,10-13H,1,4-9H2,2H3. The van der Waals surface area contributed by atoms with E-state index in [0.717, 1.165) is 37.7 Å². The lowest BCUT2D eigenvalue weighted by Gasteiger charge is -2.02. The van der Waals surface area contributed by atoms with Crippen molar-refractivity contribution >= 4 is 5.78 Å². The number of rotatable bonds is 8. The summed E-state index contributed by atoms with van der Waals surface area (Å²) >= 11 is 0. The van der Waals surface area contributed by atoms with E-state index in [4.69, 9.17) is 0 Å². The highest BCUT2D eigenvalue weighted by Crippen LogP contribution is 2.11. The lowest BCUT2D eigenvalue weighted by molar-refractivity contribution is 0.0979. The minimum Gasteiger partial charge on any atom is -0.294 e. The third-order valence-electron chi connectivity index (χ3n) is 3.00. The molecule has 0 spiro atoms. The molecule has 92 valence electrons. The van der Waals surface area contributed by atoms with Gasteiger partial charge in [0, 0.05) is 12.0 Å². The van der Waals surface area contributed by atoms with Crippen LogP contribution in [-0.4, -0.2) is 5.78 Å². The van der Waals surface area contributed by atoms with E-state index in [2.05, 4.69) is 13.5 Å². The molecule has 17 heavy (non-hydrogen) atoms. The minimum absolute atomic E-state index is 0.270. The Morgan fingerprint density at radius 1 is 1.18 bits per heavy atom. The molecule has 1 rings (SSSR count). The third-order valence-corrected chi connectivity index (χ3v) is 3.00. The summed E-state index contributed by atoms with van der Waals surface area (Å²) in [6, 6.07) is 7.99. The molecule has 1 aromatic rings. The van der Waals surface area contributed by atoms with Gasteiger partial charge in [-0.25, -0.2) is 0 Å². The lowest BCUT2D eigenvalue weighted by Crippen LogP contribution is -1.99. The summed E-state index contributed by atoms with van der Waals surface area (Å²) in [5.41, 5.74) is 2.14. The normalized spacial score (nSPS) is 10.2. The molecule has 0 aliphatic heterocycles. The lowest BCUT2D eigenvalue weighted by atomic mass is 10.0. The predicted molar refractivity (Wildman–Crippen MR) is 73.4 cm³/mol. The van der Waals surface area contributed by atoms with E-state index >= 15 is 0 Å². The zero-order chi connectivity index (χ0) is 12.5. The summed E-state index contributed by atoms with van der Waals surface area (Å²) in [6.07, 6.45) is 7.93. The van der Waals surface area contributed by atoms with Crippen LogP contribution in [0.4, 0.5) is 0 Å². The van der Waals surface area contributed by atoms with Crippen LogP contribution in [0.2, 0.25) is 0 Å². The fourth-order valence-electron chi connectivity index (χ4n) is 1.82. The molecule has 0 aromatic heterocycles. The van der Waals surface area contributed by atoms with Gasteiger partial charge in [-0.3, -0.25) is 4.79 Å². The molecule has 0 saturated heterocycles. The molecule has 0 heterocycles. The number of carbonyl (C=O) groups excluding carboxylic acids is 1. The maximum atomic E-state index is 11.9. The van der Waals surface area contributed by atoms with Crippen molar-refractivity contribution in [1.82, 2.24) is 0 Å². The number of aryl methyl sites for hydroxylation is 1. The maximum Gasteiger partial charge on any atom is 0.162 e. The van der Waals surface area contributed by atoms with E-state index in [1.54, 1.807) is 0 Å². The van der Waals surface area contributed by atoms with Gasteiger partial charge in [-0.15, -0.1) is 6.58 Å². The Labute approximate surface area is 105 Å². The molecule has 0 aliphatic carbocycles. The Morgan fingerprint density at radius 2 is 1.88 bits per heavy atom. The molecule has 0 saturated carbocycles. The smallest absolute Gasteiger partial charge is 0.162 e. The highest BCUT2D eigenvalue weighted by molar-refractivity contribution is 5.96. The average molecular weight is 230 g/mol. The molecule has 1 aromatic carbocycles. The second-order valence-electron chi connectivity index (χ2n) is 4.36. The van der Waals surface area contributed by atoms with E-state index in [1.165, 1.54) is 5.56 Å². The molecule has 1 nitrogen and oxygen atoms in total. The number of allylic oxidation sites excluding steroid dienone is 1. The van der Waals surface area contributed by atoms with Gasteiger partial charge in [0.2, 0.25) is 0 Å². The van der Waals surface area contributed by atoms with Crippen LogP contribution >= 0.6 is 0 Å². The molecule has 0 radical (unpaired) electrons. The second kappa shape index (κ2) is 7.83. The Balaban J connectivity index is 2.33. The first-order valence-corrected chi connectivity index (χ1v) is 6.51. The van der Waals surface area contributed by atoms with Gasteiger partial charge >= 0.3 is 0 Å². The van der Waals surface area contributed by atoms with Crippen LogP contribution in [0.3, 0.4) is 0 Å². The molecule has 0 bridgehead atoms. The Bertz CT molecular complexity index is 348. The van der Waals surface area contributed by atoms with Gasteiger partial charge in [0.1, 0.15) is 0 Å². The highest BCUT2D eigenvalue weighted by atomic mass is 16.1. The number of ketones is 1. The molecule has 0 N–H and O–H groups in total. The summed E-state index contributed by atoms with van der Waals surface area (Å²) in [7, 11) is 0. The molecule has 0 atom stereocenters. The van der Waals surface area contributed by atoms with E-state index in [0.29, 0.717) is 6.42 Å². The molecular weight excluding hydrogens is 208 g/mol. The average Bonchev–Trinajstić information content (AvgIpc) is 2.38.